The number of carbonyl (C=O) groups excluding carboxylic acids is 2. The highest BCUT2D eigenvalue weighted by Crippen LogP contribution is 2.31. The van der Waals surface area contributed by atoms with Crippen molar-refractivity contribution in [3.05, 3.63) is 81.6 Å². The smallest absolute Gasteiger partial charge is 0.359 e. The number of ether oxygens (including phenoxy) is 2. The molecule has 1 N–H and O–H groups in total. The zero-order valence-electron chi connectivity index (χ0n) is 19.9. The molecule has 0 fully saturated rings. The highest BCUT2D eigenvalue weighted by molar-refractivity contribution is 7.99. The van der Waals surface area contributed by atoms with Gasteiger partial charge in [0, 0.05) is 16.5 Å². The number of anilines is 1. The number of amides is 1. The summed E-state index contributed by atoms with van der Waals surface area (Å²) in [6.07, 6.45) is 0. The molecule has 2 heterocycles. The van der Waals surface area contributed by atoms with Gasteiger partial charge in [0.25, 0.3) is 5.56 Å². The largest absolute Gasteiger partial charge is 0.494 e. The third-order valence-electron chi connectivity index (χ3n) is 5.11. The van der Waals surface area contributed by atoms with Crippen LogP contribution in [0.2, 0.25) is 0 Å². The van der Waals surface area contributed by atoms with Crippen molar-refractivity contribution in [2.75, 3.05) is 24.3 Å². The molecule has 1 amide bonds. The fraction of sp³-hybridized carbons (Fsp3) is 0.231. The van der Waals surface area contributed by atoms with Crippen LogP contribution in [0.5, 0.6) is 5.75 Å². The van der Waals surface area contributed by atoms with Crippen molar-refractivity contribution in [2.45, 2.75) is 19.6 Å². The molecule has 8 nitrogen and oxygen atoms in total. The normalized spacial score (nSPS) is 10.8. The minimum absolute atomic E-state index is 0.00976. The van der Waals surface area contributed by atoms with Gasteiger partial charge in [0.2, 0.25) is 5.91 Å². The molecule has 0 unspecified atom stereocenters. The van der Waals surface area contributed by atoms with E-state index >= 15 is 0 Å². The first-order valence-electron chi connectivity index (χ1n) is 11.4. The predicted molar refractivity (Wildman–Crippen MR) is 144 cm³/mol. The number of nitrogens with one attached hydrogen (secondary N) is 1. The molecule has 186 valence electrons. The molecule has 0 spiro atoms. The quantitative estimate of drug-likeness (QED) is 0.295. The highest BCUT2D eigenvalue weighted by Gasteiger charge is 2.23. The molecule has 0 aliphatic carbocycles. The van der Waals surface area contributed by atoms with Gasteiger partial charge in [0.05, 0.1) is 30.0 Å². The van der Waals surface area contributed by atoms with Crippen LogP contribution >= 0.6 is 23.1 Å². The molecular weight excluding hydrogens is 498 g/mol. The first-order valence-corrected chi connectivity index (χ1v) is 13.4. The van der Waals surface area contributed by atoms with E-state index in [-0.39, 0.29) is 29.3 Å². The Balaban J connectivity index is 1.65. The number of carbonyl (C=O) groups is 2. The lowest BCUT2D eigenvalue weighted by molar-refractivity contribution is -0.113. The maximum Gasteiger partial charge on any atom is 0.359 e. The Labute approximate surface area is 216 Å². The van der Waals surface area contributed by atoms with E-state index in [1.165, 1.54) is 23.1 Å². The van der Waals surface area contributed by atoms with E-state index < -0.39 is 11.5 Å². The van der Waals surface area contributed by atoms with Crippen LogP contribution in [-0.4, -0.2) is 40.6 Å². The molecule has 0 radical (unpaired) electrons. The molecule has 10 heteroatoms. The second-order valence-corrected chi connectivity index (χ2v) is 9.46. The van der Waals surface area contributed by atoms with Gasteiger partial charge >= 0.3 is 5.97 Å². The lowest BCUT2D eigenvalue weighted by Crippen LogP contribution is -2.25. The Hall–Kier alpha value is -3.63. The van der Waals surface area contributed by atoms with Crippen LogP contribution in [0.25, 0.3) is 16.5 Å². The van der Waals surface area contributed by atoms with Crippen LogP contribution in [0.3, 0.4) is 0 Å². The topological polar surface area (TPSA) is 99.5 Å². The summed E-state index contributed by atoms with van der Waals surface area (Å²) in [7, 11) is 0. The maximum atomic E-state index is 13.5. The lowest BCUT2D eigenvalue weighted by Gasteiger charge is -2.11. The molecule has 4 rings (SSSR count). The Kier molecular flexibility index (Phi) is 8.40. The zero-order chi connectivity index (χ0) is 25.5. The predicted octanol–water partition coefficient (Wildman–Crippen LogP) is 4.89. The third kappa shape index (κ3) is 5.77. The maximum absolute atomic E-state index is 13.5. The van der Waals surface area contributed by atoms with Gasteiger partial charge in [0.1, 0.15) is 10.8 Å². The Morgan fingerprint density at radius 3 is 2.50 bits per heavy atom. The summed E-state index contributed by atoms with van der Waals surface area (Å²) in [5.41, 5.74) is 1.14. The van der Waals surface area contributed by atoms with E-state index in [0.717, 1.165) is 10.2 Å². The van der Waals surface area contributed by atoms with Crippen molar-refractivity contribution < 1.29 is 19.1 Å². The molecule has 36 heavy (non-hydrogen) atoms. The molecule has 4 aromatic rings. The number of hydrogen-bond donors (Lipinski definition) is 1. The number of nitrogens with zero attached hydrogens (tertiary/aromatic N) is 2. The van der Waals surface area contributed by atoms with Crippen molar-refractivity contribution >= 4 is 50.7 Å². The number of thiophene rings is 1. The van der Waals surface area contributed by atoms with Crippen LogP contribution < -0.4 is 15.6 Å². The van der Waals surface area contributed by atoms with E-state index in [0.29, 0.717) is 34.2 Å². The Morgan fingerprint density at radius 2 is 1.81 bits per heavy atom. The van der Waals surface area contributed by atoms with E-state index in [4.69, 9.17) is 9.47 Å². The van der Waals surface area contributed by atoms with E-state index in [1.54, 1.807) is 36.6 Å². The van der Waals surface area contributed by atoms with Crippen LogP contribution in [0, 0.1) is 0 Å². The van der Waals surface area contributed by atoms with E-state index in [1.807, 2.05) is 37.3 Å². The van der Waals surface area contributed by atoms with Crippen LogP contribution in [0.15, 0.2) is 64.8 Å². The average molecular weight is 524 g/mol. The summed E-state index contributed by atoms with van der Waals surface area (Å²) in [4.78, 5) is 38.9. The van der Waals surface area contributed by atoms with Gasteiger partial charge in [-0.15, -0.1) is 23.1 Å². The molecule has 0 bridgehead atoms. The van der Waals surface area contributed by atoms with Crippen molar-refractivity contribution in [2.24, 2.45) is 0 Å². The number of aromatic nitrogens is 2. The fourth-order valence-corrected chi connectivity index (χ4v) is 5.26. The van der Waals surface area contributed by atoms with Crippen molar-refractivity contribution in [1.82, 2.24) is 9.78 Å². The summed E-state index contributed by atoms with van der Waals surface area (Å²) in [6.45, 7) is 4.25. The summed E-state index contributed by atoms with van der Waals surface area (Å²) in [5.74, 6) is 0.688. The number of fused-ring (bicyclic) bond motifs is 1. The zero-order valence-corrected chi connectivity index (χ0v) is 21.5. The van der Waals surface area contributed by atoms with Gasteiger partial charge in [-0.05, 0) is 43.7 Å². The molecule has 2 aromatic heterocycles. The number of thioether (sulfide) groups is 1. The third-order valence-corrected chi connectivity index (χ3v) is 7.01. The van der Waals surface area contributed by atoms with E-state index in [2.05, 4.69) is 10.4 Å². The summed E-state index contributed by atoms with van der Waals surface area (Å²) >= 11 is 2.65. The lowest BCUT2D eigenvalue weighted by atomic mass is 10.2. The van der Waals surface area contributed by atoms with Gasteiger partial charge in [-0.25, -0.2) is 4.79 Å². The van der Waals surface area contributed by atoms with Crippen LogP contribution in [0.4, 0.5) is 5.00 Å². The van der Waals surface area contributed by atoms with Gasteiger partial charge < -0.3 is 14.8 Å². The van der Waals surface area contributed by atoms with Crippen LogP contribution in [0.1, 0.15) is 29.9 Å². The minimum atomic E-state index is -0.642. The van der Waals surface area contributed by atoms with Crippen molar-refractivity contribution in [1.29, 1.82) is 0 Å². The van der Waals surface area contributed by atoms with Gasteiger partial charge in [-0.2, -0.15) is 9.78 Å². The first-order chi connectivity index (χ1) is 17.5. The molecule has 0 saturated carbocycles. The molecule has 0 saturated heterocycles. The number of esters is 1. The van der Waals surface area contributed by atoms with Gasteiger partial charge in [-0.1, -0.05) is 30.3 Å². The first kappa shape index (κ1) is 25.5. The molecule has 0 atom stereocenters. The molecule has 2 aromatic carbocycles. The fourth-order valence-electron chi connectivity index (χ4n) is 3.52. The second-order valence-electron chi connectivity index (χ2n) is 7.59. The molecular formula is C26H25N3O5S2. The molecule has 0 aliphatic heterocycles. The SMILES string of the molecule is CCOC(=O)c1nn(-c2ccc(OCC)cc2)c(=O)c2c(NC(=O)CSCc3ccccc3)scc12. The monoisotopic (exact) mass is 523 g/mol. The summed E-state index contributed by atoms with van der Waals surface area (Å²) < 4.78 is 11.8. The van der Waals surface area contributed by atoms with E-state index in [9.17, 15) is 14.4 Å². The van der Waals surface area contributed by atoms with Gasteiger partial charge in [0.15, 0.2) is 5.69 Å². The standard InChI is InChI=1S/C26H25N3O5S2/c1-3-33-19-12-10-18(11-13-19)29-25(31)22-20(23(28-29)26(32)34-4-2)15-36-24(22)27-21(30)16-35-14-17-8-6-5-7-9-17/h5-13,15H,3-4,14,16H2,1-2H3,(H,27,30). The Morgan fingerprint density at radius 1 is 1.06 bits per heavy atom. The number of benzene rings is 2. The molecule has 0 aliphatic rings. The number of rotatable bonds is 10. The summed E-state index contributed by atoms with van der Waals surface area (Å²) in [5, 5.41) is 9.73. The highest BCUT2D eigenvalue weighted by atomic mass is 32.2. The Bertz CT molecular complexity index is 1420. The van der Waals surface area contributed by atoms with Crippen molar-refractivity contribution in [3.8, 4) is 11.4 Å². The average Bonchev–Trinajstić information content (AvgIpc) is 3.30. The van der Waals surface area contributed by atoms with Gasteiger partial charge in [-0.3, -0.25) is 9.59 Å². The van der Waals surface area contributed by atoms with Crippen LogP contribution in [-0.2, 0) is 15.3 Å². The van der Waals surface area contributed by atoms with Crippen molar-refractivity contribution in [3.63, 3.8) is 0 Å². The summed E-state index contributed by atoms with van der Waals surface area (Å²) in [6, 6.07) is 16.7. The number of hydrogen-bond acceptors (Lipinski definition) is 8. The second kappa shape index (κ2) is 11.9. The minimum Gasteiger partial charge on any atom is -0.494 e.